The van der Waals surface area contributed by atoms with Crippen LogP contribution >= 0.6 is 34.8 Å². The van der Waals surface area contributed by atoms with Crippen LogP contribution in [0.4, 0.5) is 5.69 Å². The van der Waals surface area contributed by atoms with Crippen LogP contribution in [-0.2, 0) is 0 Å². The second-order valence-electron chi connectivity index (χ2n) is 2.47. The predicted octanol–water partition coefficient (Wildman–Crippen LogP) is 3.66. The Morgan fingerprint density at radius 3 is 2.08 bits per heavy atom. The van der Waals surface area contributed by atoms with Gasteiger partial charge in [0.25, 0.3) is 0 Å². The van der Waals surface area contributed by atoms with E-state index in [0.29, 0.717) is 26.6 Å². The van der Waals surface area contributed by atoms with E-state index < -0.39 is 0 Å². The van der Waals surface area contributed by atoms with Gasteiger partial charge in [-0.15, -0.1) is 0 Å². The highest BCUT2D eigenvalue weighted by atomic mass is 35.5. The Labute approximate surface area is 91.3 Å². The Hall–Kier alpha value is -0.440. The standard InChI is InChI=1S/C8H7Cl3N2/c1-4(12)13-8-6(10)2-5(9)3-7(8)11/h2-3H,1H3,(H2,12,13). The Balaban J connectivity index is 3.29. The van der Waals surface area contributed by atoms with Crippen LogP contribution in [0.3, 0.4) is 0 Å². The lowest BCUT2D eigenvalue weighted by atomic mass is 10.3. The smallest absolute Gasteiger partial charge is 0.102 e. The number of benzene rings is 1. The van der Waals surface area contributed by atoms with E-state index >= 15 is 0 Å². The van der Waals surface area contributed by atoms with Crippen LogP contribution in [0.1, 0.15) is 6.92 Å². The number of nitrogens with two attached hydrogens (primary N) is 1. The van der Waals surface area contributed by atoms with Gasteiger partial charge < -0.3 is 5.73 Å². The largest absolute Gasteiger partial charge is 0.387 e. The fourth-order valence-electron chi connectivity index (χ4n) is 0.818. The van der Waals surface area contributed by atoms with Crippen molar-refractivity contribution in [3.05, 3.63) is 27.2 Å². The molecule has 2 nitrogen and oxygen atoms in total. The summed E-state index contributed by atoms with van der Waals surface area (Å²) in [6, 6.07) is 3.13. The van der Waals surface area contributed by atoms with E-state index in [1.807, 2.05) is 0 Å². The zero-order valence-corrected chi connectivity index (χ0v) is 9.08. The molecule has 0 aliphatic heterocycles. The molecule has 2 N–H and O–H groups in total. The molecule has 1 aromatic rings. The van der Waals surface area contributed by atoms with Gasteiger partial charge >= 0.3 is 0 Å². The van der Waals surface area contributed by atoms with Crippen molar-refractivity contribution in [3.63, 3.8) is 0 Å². The molecule has 0 aliphatic rings. The highest BCUT2D eigenvalue weighted by Gasteiger charge is 2.06. The zero-order valence-electron chi connectivity index (χ0n) is 6.81. The molecule has 0 atom stereocenters. The number of halogens is 3. The fraction of sp³-hybridized carbons (Fsp3) is 0.125. The second kappa shape index (κ2) is 4.18. The van der Waals surface area contributed by atoms with Crippen LogP contribution in [0.2, 0.25) is 15.1 Å². The zero-order chi connectivity index (χ0) is 10.0. The summed E-state index contributed by atoms with van der Waals surface area (Å²) in [7, 11) is 0. The topological polar surface area (TPSA) is 38.4 Å². The third kappa shape index (κ3) is 2.76. The van der Waals surface area contributed by atoms with Gasteiger partial charge in [-0.2, -0.15) is 0 Å². The minimum absolute atomic E-state index is 0.391. The summed E-state index contributed by atoms with van der Waals surface area (Å²) >= 11 is 17.4. The van der Waals surface area contributed by atoms with Crippen molar-refractivity contribution in [3.8, 4) is 0 Å². The summed E-state index contributed by atoms with van der Waals surface area (Å²) < 4.78 is 0. The Kier molecular flexibility index (Phi) is 3.42. The van der Waals surface area contributed by atoms with E-state index in [-0.39, 0.29) is 0 Å². The van der Waals surface area contributed by atoms with E-state index in [1.54, 1.807) is 19.1 Å². The number of nitrogens with zero attached hydrogens (tertiary/aromatic N) is 1. The quantitative estimate of drug-likeness (QED) is 0.587. The summed E-state index contributed by atoms with van der Waals surface area (Å²) in [6.45, 7) is 1.65. The maximum atomic E-state index is 5.85. The van der Waals surface area contributed by atoms with E-state index in [9.17, 15) is 0 Å². The number of hydrogen-bond acceptors (Lipinski definition) is 1. The minimum atomic E-state index is 0.391. The Morgan fingerprint density at radius 2 is 1.69 bits per heavy atom. The molecule has 0 heterocycles. The summed E-state index contributed by atoms with van der Waals surface area (Å²) in [5, 5.41) is 1.26. The van der Waals surface area contributed by atoms with Gasteiger partial charge in [0.2, 0.25) is 0 Å². The Bertz CT molecular complexity index is 333. The molecule has 0 unspecified atom stereocenters. The highest BCUT2D eigenvalue weighted by molar-refractivity contribution is 6.41. The molecule has 1 aromatic carbocycles. The van der Waals surface area contributed by atoms with Crippen molar-refractivity contribution in [2.75, 3.05) is 0 Å². The van der Waals surface area contributed by atoms with Crippen LogP contribution in [0.25, 0.3) is 0 Å². The van der Waals surface area contributed by atoms with Crippen molar-refractivity contribution >= 4 is 46.3 Å². The molecule has 0 bridgehead atoms. The summed E-state index contributed by atoms with van der Waals surface area (Å²) in [5.74, 6) is 0.395. The first kappa shape index (κ1) is 10.6. The first-order chi connectivity index (χ1) is 6.00. The lowest BCUT2D eigenvalue weighted by Crippen LogP contribution is -2.03. The summed E-state index contributed by atoms with van der Waals surface area (Å²) in [4.78, 5) is 3.97. The number of aliphatic imine (C=N–C) groups is 1. The first-order valence-electron chi connectivity index (χ1n) is 3.46. The Morgan fingerprint density at radius 1 is 1.23 bits per heavy atom. The minimum Gasteiger partial charge on any atom is -0.387 e. The number of hydrogen-bond donors (Lipinski definition) is 1. The van der Waals surface area contributed by atoms with Gasteiger partial charge in [0, 0.05) is 5.02 Å². The molecule has 0 saturated carbocycles. The molecule has 0 amide bonds. The van der Waals surface area contributed by atoms with Gasteiger partial charge in [-0.1, -0.05) is 34.8 Å². The maximum absolute atomic E-state index is 5.85. The molecule has 70 valence electrons. The normalized spacial score (nSPS) is 11.8. The van der Waals surface area contributed by atoms with E-state index in [1.165, 1.54) is 0 Å². The summed E-state index contributed by atoms with van der Waals surface area (Å²) in [5.41, 5.74) is 5.85. The molecule has 0 aliphatic carbocycles. The average molecular weight is 238 g/mol. The van der Waals surface area contributed by atoms with Crippen molar-refractivity contribution in [2.45, 2.75) is 6.92 Å². The summed E-state index contributed by atoms with van der Waals surface area (Å²) in [6.07, 6.45) is 0. The van der Waals surface area contributed by atoms with Gasteiger partial charge in [-0.3, -0.25) is 0 Å². The third-order valence-corrected chi connectivity index (χ3v) is 2.06. The van der Waals surface area contributed by atoms with E-state index in [2.05, 4.69) is 4.99 Å². The van der Waals surface area contributed by atoms with Crippen LogP contribution in [0, 0.1) is 0 Å². The second-order valence-corrected chi connectivity index (χ2v) is 3.72. The average Bonchev–Trinajstić information content (AvgIpc) is 1.96. The van der Waals surface area contributed by atoms with Crippen molar-refractivity contribution < 1.29 is 0 Å². The van der Waals surface area contributed by atoms with Crippen LogP contribution in [0.15, 0.2) is 17.1 Å². The fourth-order valence-corrected chi connectivity index (χ4v) is 1.72. The monoisotopic (exact) mass is 236 g/mol. The number of rotatable bonds is 1. The molecule has 0 saturated heterocycles. The third-order valence-electron chi connectivity index (χ3n) is 1.27. The predicted molar refractivity (Wildman–Crippen MR) is 58.4 cm³/mol. The molecule has 0 spiro atoms. The van der Waals surface area contributed by atoms with Crippen LogP contribution < -0.4 is 5.73 Å². The van der Waals surface area contributed by atoms with Gasteiger partial charge in [0.15, 0.2) is 0 Å². The number of amidine groups is 1. The molecule has 0 aromatic heterocycles. The van der Waals surface area contributed by atoms with Crippen molar-refractivity contribution in [1.29, 1.82) is 0 Å². The lowest BCUT2D eigenvalue weighted by Gasteiger charge is -2.02. The molecular formula is C8H7Cl3N2. The lowest BCUT2D eigenvalue weighted by molar-refractivity contribution is 1.45. The molecule has 0 radical (unpaired) electrons. The highest BCUT2D eigenvalue weighted by Crippen LogP contribution is 2.35. The van der Waals surface area contributed by atoms with Crippen molar-refractivity contribution in [1.82, 2.24) is 0 Å². The van der Waals surface area contributed by atoms with E-state index in [0.717, 1.165) is 0 Å². The van der Waals surface area contributed by atoms with Gasteiger partial charge in [-0.25, -0.2) is 4.99 Å². The van der Waals surface area contributed by atoms with Crippen LogP contribution in [-0.4, -0.2) is 5.84 Å². The maximum Gasteiger partial charge on any atom is 0.102 e. The van der Waals surface area contributed by atoms with E-state index in [4.69, 9.17) is 40.5 Å². The molecular weight excluding hydrogens is 230 g/mol. The molecule has 5 heteroatoms. The first-order valence-corrected chi connectivity index (χ1v) is 4.59. The molecule has 1 rings (SSSR count). The van der Waals surface area contributed by atoms with Gasteiger partial charge in [0.05, 0.1) is 15.9 Å². The molecule has 13 heavy (non-hydrogen) atoms. The van der Waals surface area contributed by atoms with Gasteiger partial charge in [-0.05, 0) is 19.1 Å². The van der Waals surface area contributed by atoms with Crippen molar-refractivity contribution in [2.24, 2.45) is 10.7 Å². The molecule has 0 fully saturated rings. The SMILES string of the molecule is CC(N)=Nc1c(Cl)cc(Cl)cc1Cl. The van der Waals surface area contributed by atoms with Crippen LogP contribution in [0.5, 0.6) is 0 Å². The van der Waals surface area contributed by atoms with Gasteiger partial charge in [0.1, 0.15) is 5.69 Å².